The summed E-state index contributed by atoms with van der Waals surface area (Å²) in [5.74, 6) is 0.330. The fourth-order valence-electron chi connectivity index (χ4n) is 5.03. The zero-order chi connectivity index (χ0) is 24.2. The quantitative estimate of drug-likeness (QED) is 0.491. The second-order valence-corrected chi connectivity index (χ2v) is 9.44. The molecule has 0 spiro atoms. The van der Waals surface area contributed by atoms with Crippen molar-refractivity contribution in [1.29, 1.82) is 5.26 Å². The number of hydrogen-bond donors (Lipinski definition) is 2. The van der Waals surface area contributed by atoms with Gasteiger partial charge in [0.1, 0.15) is 0 Å². The maximum atomic E-state index is 12.7. The molecule has 8 heteroatoms. The van der Waals surface area contributed by atoms with Gasteiger partial charge < -0.3 is 20.4 Å². The SMILES string of the molecule is CCNCCNc1ccc(-c2cc3c(N4CCN(C(=O)C5CC(C#N)C5)CC4)ccnn3c2)cc1. The Labute approximate surface area is 206 Å². The fourth-order valence-corrected chi connectivity index (χ4v) is 5.03. The standard InChI is InChI=1S/C27H33N7O/c1-2-29-9-10-30-24-5-3-21(4-6-24)23-17-26-25(7-8-31-34(26)19-23)32-11-13-33(14-12-32)27(35)22-15-20(16-22)18-28/h3-8,17,19-20,22,29-30H,2,9-16H2,1H3. The number of carbonyl (C=O) groups excluding carboxylic acids is 1. The van der Waals surface area contributed by atoms with Crippen LogP contribution in [0, 0.1) is 23.2 Å². The van der Waals surface area contributed by atoms with E-state index in [4.69, 9.17) is 5.26 Å². The number of likely N-dealkylation sites (N-methyl/N-ethyl adjacent to an activating group) is 1. The predicted octanol–water partition coefficient (Wildman–Crippen LogP) is 3.22. The van der Waals surface area contributed by atoms with E-state index in [0.29, 0.717) is 0 Å². The van der Waals surface area contributed by atoms with Crippen molar-refractivity contribution in [2.24, 2.45) is 11.8 Å². The Balaban J connectivity index is 1.24. The van der Waals surface area contributed by atoms with Crippen molar-refractivity contribution in [3.8, 4) is 17.2 Å². The first-order chi connectivity index (χ1) is 17.2. The number of piperazine rings is 1. The smallest absolute Gasteiger partial charge is 0.225 e. The molecular weight excluding hydrogens is 438 g/mol. The van der Waals surface area contributed by atoms with Crippen LogP contribution < -0.4 is 15.5 Å². The lowest BCUT2D eigenvalue weighted by Crippen LogP contribution is -2.52. The first-order valence-electron chi connectivity index (χ1n) is 12.6. The van der Waals surface area contributed by atoms with E-state index >= 15 is 0 Å². The van der Waals surface area contributed by atoms with Crippen molar-refractivity contribution in [2.45, 2.75) is 19.8 Å². The van der Waals surface area contributed by atoms with E-state index in [9.17, 15) is 4.79 Å². The summed E-state index contributed by atoms with van der Waals surface area (Å²) in [6.07, 6.45) is 5.37. The normalized spacial score (nSPS) is 19.9. The number of hydrogen-bond acceptors (Lipinski definition) is 6. The molecule has 0 radical (unpaired) electrons. The topological polar surface area (TPSA) is 88.7 Å². The van der Waals surface area contributed by atoms with Crippen LogP contribution in [0.1, 0.15) is 19.8 Å². The summed E-state index contributed by atoms with van der Waals surface area (Å²) in [5.41, 5.74) is 5.63. The third-order valence-electron chi connectivity index (χ3n) is 7.19. The van der Waals surface area contributed by atoms with Gasteiger partial charge in [-0.15, -0.1) is 0 Å². The molecule has 1 saturated heterocycles. The minimum absolute atomic E-state index is 0.0432. The van der Waals surface area contributed by atoms with Crippen LogP contribution in [-0.4, -0.2) is 66.2 Å². The lowest BCUT2D eigenvalue weighted by molar-refractivity contribution is -0.139. The summed E-state index contributed by atoms with van der Waals surface area (Å²) >= 11 is 0. The molecule has 5 rings (SSSR count). The Morgan fingerprint density at radius 3 is 2.57 bits per heavy atom. The zero-order valence-corrected chi connectivity index (χ0v) is 20.3. The van der Waals surface area contributed by atoms with Crippen LogP contribution in [-0.2, 0) is 4.79 Å². The Morgan fingerprint density at radius 2 is 1.86 bits per heavy atom. The highest BCUT2D eigenvalue weighted by Gasteiger charge is 2.37. The molecule has 1 amide bonds. The van der Waals surface area contributed by atoms with Crippen LogP contribution in [0.2, 0.25) is 0 Å². The summed E-state index contributed by atoms with van der Waals surface area (Å²) in [5, 5.41) is 20.3. The average Bonchev–Trinajstić information content (AvgIpc) is 3.31. The highest BCUT2D eigenvalue weighted by atomic mass is 16.2. The number of nitrogens with one attached hydrogen (secondary N) is 2. The van der Waals surface area contributed by atoms with E-state index in [0.717, 1.165) is 86.7 Å². The summed E-state index contributed by atoms with van der Waals surface area (Å²) in [4.78, 5) is 17.1. The molecule has 1 aliphatic carbocycles. The van der Waals surface area contributed by atoms with E-state index in [-0.39, 0.29) is 17.7 Å². The molecule has 0 unspecified atom stereocenters. The number of fused-ring (bicyclic) bond motifs is 1. The first kappa shape index (κ1) is 23.2. The largest absolute Gasteiger partial charge is 0.384 e. The van der Waals surface area contributed by atoms with Gasteiger partial charge in [-0.3, -0.25) is 4.79 Å². The van der Waals surface area contributed by atoms with Crippen LogP contribution >= 0.6 is 0 Å². The van der Waals surface area contributed by atoms with E-state index in [1.807, 2.05) is 15.6 Å². The Morgan fingerprint density at radius 1 is 1.09 bits per heavy atom. The molecule has 1 aliphatic heterocycles. The number of anilines is 2. The third-order valence-corrected chi connectivity index (χ3v) is 7.19. The van der Waals surface area contributed by atoms with Gasteiger partial charge in [-0.2, -0.15) is 10.4 Å². The molecule has 182 valence electrons. The summed E-state index contributed by atoms with van der Waals surface area (Å²) in [7, 11) is 0. The van der Waals surface area contributed by atoms with Gasteiger partial charge in [0.25, 0.3) is 0 Å². The highest BCUT2D eigenvalue weighted by molar-refractivity contribution is 5.82. The highest BCUT2D eigenvalue weighted by Crippen LogP contribution is 2.35. The van der Waals surface area contributed by atoms with Crippen molar-refractivity contribution in [1.82, 2.24) is 19.8 Å². The summed E-state index contributed by atoms with van der Waals surface area (Å²) in [6.45, 7) is 7.98. The predicted molar refractivity (Wildman–Crippen MR) is 138 cm³/mol. The van der Waals surface area contributed by atoms with Crippen LogP contribution in [0.4, 0.5) is 11.4 Å². The van der Waals surface area contributed by atoms with Gasteiger partial charge in [-0.25, -0.2) is 4.52 Å². The number of amides is 1. The summed E-state index contributed by atoms with van der Waals surface area (Å²) < 4.78 is 1.95. The number of aromatic nitrogens is 2. The molecule has 35 heavy (non-hydrogen) atoms. The van der Waals surface area contributed by atoms with Crippen molar-refractivity contribution < 1.29 is 4.79 Å². The van der Waals surface area contributed by atoms with E-state index in [2.05, 4.69) is 76.2 Å². The number of nitrogens with zero attached hydrogens (tertiary/aromatic N) is 5. The fraction of sp³-hybridized carbons (Fsp3) is 0.444. The lowest BCUT2D eigenvalue weighted by Gasteiger charge is -2.40. The zero-order valence-electron chi connectivity index (χ0n) is 20.3. The second-order valence-electron chi connectivity index (χ2n) is 9.44. The van der Waals surface area contributed by atoms with Gasteiger partial charge in [0, 0.05) is 74.7 Å². The molecule has 0 atom stereocenters. The molecule has 2 aliphatic rings. The van der Waals surface area contributed by atoms with Crippen LogP contribution in [0.5, 0.6) is 0 Å². The molecule has 2 N–H and O–H groups in total. The number of benzene rings is 1. The van der Waals surface area contributed by atoms with Gasteiger partial charge in [0.05, 0.1) is 17.3 Å². The number of carbonyl (C=O) groups is 1. The van der Waals surface area contributed by atoms with Crippen molar-refractivity contribution in [3.63, 3.8) is 0 Å². The monoisotopic (exact) mass is 471 g/mol. The maximum absolute atomic E-state index is 12.7. The van der Waals surface area contributed by atoms with Crippen molar-refractivity contribution >= 4 is 22.8 Å². The summed E-state index contributed by atoms with van der Waals surface area (Å²) in [6, 6.07) is 15.1. The molecule has 3 aromatic rings. The molecule has 3 heterocycles. The molecule has 2 fully saturated rings. The van der Waals surface area contributed by atoms with E-state index in [1.54, 1.807) is 0 Å². The van der Waals surface area contributed by atoms with Gasteiger partial charge in [0.2, 0.25) is 5.91 Å². The molecule has 1 aromatic carbocycles. The third kappa shape index (κ3) is 4.96. The molecular formula is C27H33N7O. The Bertz CT molecular complexity index is 1200. The molecule has 0 bridgehead atoms. The first-order valence-corrected chi connectivity index (χ1v) is 12.6. The van der Waals surface area contributed by atoms with Gasteiger partial charge in [0.15, 0.2) is 0 Å². The maximum Gasteiger partial charge on any atom is 0.225 e. The number of nitriles is 1. The van der Waals surface area contributed by atoms with Gasteiger partial charge in [-0.1, -0.05) is 19.1 Å². The van der Waals surface area contributed by atoms with Gasteiger partial charge >= 0.3 is 0 Å². The van der Waals surface area contributed by atoms with E-state index < -0.39 is 0 Å². The molecule has 8 nitrogen and oxygen atoms in total. The minimum Gasteiger partial charge on any atom is -0.384 e. The van der Waals surface area contributed by atoms with E-state index in [1.165, 1.54) is 0 Å². The van der Waals surface area contributed by atoms with Crippen LogP contribution in [0.25, 0.3) is 16.6 Å². The Hall–Kier alpha value is -3.57. The van der Waals surface area contributed by atoms with Crippen molar-refractivity contribution in [3.05, 3.63) is 48.8 Å². The minimum atomic E-state index is 0.0432. The molecule has 2 aromatic heterocycles. The van der Waals surface area contributed by atoms with Crippen LogP contribution in [0.15, 0.2) is 48.8 Å². The molecule has 1 saturated carbocycles. The second kappa shape index (κ2) is 10.4. The number of rotatable bonds is 8. The van der Waals surface area contributed by atoms with Gasteiger partial charge in [-0.05, 0) is 49.2 Å². The van der Waals surface area contributed by atoms with Crippen LogP contribution in [0.3, 0.4) is 0 Å². The van der Waals surface area contributed by atoms with Crippen molar-refractivity contribution in [2.75, 3.05) is 56.0 Å². The lowest BCUT2D eigenvalue weighted by atomic mass is 9.75. The average molecular weight is 472 g/mol. The Kier molecular flexibility index (Phi) is 6.87.